The molecule has 1 N–H and O–H groups in total. The molecule has 0 amide bonds. The molecule has 0 aromatic heterocycles. The molecule has 128 valence electrons. The maximum absolute atomic E-state index is 13.8. The van der Waals surface area contributed by atoms with Gasteiger partial charge in [-0.05, 0) is 40.6 Å². The van der Waals surface area contributed by atoms with E-state index in [4.69, 9.17) is 10.1 Å². The van der Waals surface area contributed by atoms with Crippen LogP contribution in [0.2, 0.25) is 0 Å². The van der Waals surface area contributed by atoms with E-state index in [0.717, 1.165) is 22.9 Å². The SMILES string of the molecule is N#CC1C(=N)Oc2cc3ccccc3cc2C1c1cc(F)c(F)c(F)c1. The van der Waals surface area contributed by atoms with Gasteiger partial charge in [-0.15, -0.1) is 0 Å². The van der Waals surface area contributed by atoms with E-state index in [-0.39, 0.29) is 11.5 Å². The maximum atomic E-state index is 13.8. The van der Waals surface area contributed by atoms with E-state index in [1.165, 1.54) is 0 Å². The fraction of sp³-hybridized carbons (Fsp3) is 0.100. The lowest BCUT2D eigenvalue weighted by Gasteiger charge is -2.30. The summed E-state index contributed by atoms with van der Waals surface area (Å²) >= 11 is 0. The molecule has 0 spiro atoms. The van der Waals surface area contributed by atoms with Crippen LogP contribution >= 0.6 is 0 Å². The summed E-state index contributed by atoms with van der Waals surface area (Å²) in [6.45, 7) is 0. The highest BCUT2D eigenvalue weighted by atomic mass is 19.2. The molecule has 0 fully saturated rings. The number of fused-ring (bicyclic) bond motifs is 2. The Bertz CT molecular complexity index is 1080. The maximum Gasteiger partial charge on any atom is 0.205 e. The van der Waals surface area contributed by atoms with Crippen molar-refractivity contribution < 1.29 is 17.9 Å². The van der Waals surface area contributed by atoms with Crippen molar-refractivity contribution in [2.75, 3.05) is 0 Å². The quantitative estimate of drug-likeness (QED) is 0.634. The number of hydrogen-bond acceptors (Lipinski definition) is 3. The lowest BCUT2D eigenvalue weighted by molar-refractivity contribution is 0.433. The van der Waals surface area contributed by atoms with Crippen molar-refractivity contribution in [2.45, 2.75) is 5.92 Å². The van der Waals surface area contributed by atoms with Crippen LogP contribution in [0.1, 0.15) is 17.0 Å². The predicted octanol–water partition coefficient (Wildman–Crippen LogP) is 4.90. The van der Waals surface area contributed by atoms with Crippen LogP contribution in [-0.4, -0.2) is 5.90 Å². The van der Waals surface area contributed by atoms with Gasteiger partial charge in [0.15, 0.2) is 17.5 Å². The van der Waals surface area contributed by atoms with Gasteiger partial charge in [0.05, 0.1) is 6.07 Å². The number of halogens is 3. The first kappa shape index (κ1) is 16.2. The minimum atomic E-state index is -1.57. The normalized spacial score (nSPS) is 18.9. The van der Waals surface area contributed by atoms with Crippen molar-refractivity contribution in [3.8, 4) is 11.8 Å². The highest BCUT2D eigenvalue weighted by Crippen LogP contribution is 2.44. The Morgan fingerprint density at radius 2 is 1.58 bits per heavy atom. The van der Waals surface area contributed by atoms with E-state index in [2.05, 4.69) is 0 Å². The average Bonchev–Trinajstić information content (AvgIpc) is 2.63. The molecule has 6 heteroatoms. The van der Waals surface area contributed by atoms with Crippen LogP contribution in [0.5, 0.6) is 5.75 Å². The summed E-state index contributed by atoms with van der Waals surface area (Å²) in [5.41, 5.74) is 0.606. The number of hydrogen-bond donors (Lipinski definition) is 1. The van der Waals surface area contributed by atoms with Gasteiger partial charge in [-0.1, -0.05) is 24.3 Å². The molecule has 0 saturated heterocycles. The van der Waals surface area contributed by atoms with Crippen molar-refractivity contribution in [1.29, 1.82) is 10.7 Å². The molecule has 0 aliphatic carbocycles. The Morgan fingerprint density at radius 3 is 2.19 bits per heavy atom. The topological polar surface area (TPSA) is 56.9 Å². The standard InChI is InChI=1S/C20H11F3N2O/c21-15-6-12(7-16(22)19(15)23)18-13-5-10-3-1-2-4-11(10)8-17(13)26-20(25)14(18)9-24/h1-8,14,18,25H. The molecule has 2 unspecified atom stereocenters. The lowest BCUT2D eigenvalue weighted by atomic mass is 9.78. The van der Waals surface area contributed by atoms with E-state index >= 15 is 0 Å². The molecule has 2 atom stereocenters. The number of nitrogens with zero attached hydrogens (tertiary/aromatic N) is 1. The van der Waals surface area contributed by atoms with Crippen molar-refractivity contribution in [1.82, 2.24) is 0 Å². The van der Waals surface area contributed by atoms with Crippen molar-refractivity contribution in [3.63, 3.8) is 0 Å². The molecule has 3 aromatic rings. The fourth-order valence-electron chi connectivity index (χ4n) is 3.34. The monoisotopic (exact) mass is 352 g/mol. The van der Waals surface area contributed by atoms with E-state index in [0.29, 0.717) is 11.3 Å². The molecule has 0 saturated carbocycles. The molecular formula is C20H11F3N2O. The molecule has 4 rings (SSSR count). The van der Waals surface area contributed by atoms with Crippen LogP contribution in [0.3, 0.4) is 0 Å². The van der Waals surface area contributed by atoms with Crippen LogP contribution in [0, 0.1) is 40.1 Å². The first-order valence-electron chi connectivity index (χ1n) is 7.82. The van der Waals surface area contributed by atoms with Gasteiger partial charge in [0.1, 0.15) is 11.7 Å². The van der Waals surface area contributed by atoms with Gasteiger partial charge >= 0.3 is 0 Å². The zero-order valence-corrected chi connectivity index (χ0v) is 13.3. The summed E-state index contributed by atoms with van der Waals surface area (Å²) in [5, 5.41) is 19.2. The Hall–Kier alpha value is -3.33. The van der Waals surface area contributed by atoms with Gasteiger partial charge < -0.3 is 4.74 Å². The van der Waals surface area contributed by atoms with Gasteiger partial charge in [-0.25, -0.2) is 13.2 Å². The Morgan fingerprint density at radius 1 is 0.962 bits per heavy atom. The van der Waals surface area contributed by atoms with Crippen molar-refractivity contribution in [2.24, 2.45) is 5.92 Å². The van der Waals surface area contributed by atoms with Crippen LogP contribution < -0.4 is 4.74 Å². The molecule has 0 radical (unpaired) electrons. The van der Waals surface area contributed by atoms with Crippen LogP contribution in [0.15, 0.2) is 48.5 Å². The number of nitriles is 1. The average molecular weight is 352 g/mol. The van der Waals surface area contributed by atoms with Gasteiger partial charge in [-0.2, -0.15) is 5.26 Å². The third-order valence-electron chi connectivity index (χ3n) is 4.55. The van der Waals surface area contributed by atoms with Crippen molar-refractivity contribution >= 4 is 16.7 Å². The molecular weight excluding hydrogens is 341 g/mol. The third kappa shape index (κ3) is 2.40. The Balaban J connectivity index is 1.99. The lowest BCUT2D eigenvalue weighted by Crippen LogP contribution is -2.31. The minimum Gasteiger partial charge on any atom is -0.442 e. The molecule has 0 bridgehead atoms. The Kier molecular flexibility index (Phi) is 3.66. The summed E-state index contributed by atoms with van der Waals surface area (Å²) in [6.07, 6.45) is 0. The first-order chi connectivity index (χ1) is 12.5. The molecule has 3 nitrogen and oxygen atoms in total. The van der Waals surface area contributed by atoms with Crippen LogP contribution in [-0.2, 0) is 0 Å². The molecule has 1 aliphatic heterocycles. The number of ether oxygens (including phenoxy) is 1. The zero-order chi connectivity index (χ0) is 18.4. The molecule has 26 heavy (non-hydrogen) atoms. The van der Waals surface area contributed by atoms with Gasteiger partial charge in [0.25, 0.3) is 0 Å². The number of nitrogens with one attached hydrogen (secondary N) is 1. The molecule has 1 aliphatic rings. The highest BCUT2D eigenvalue weighted by molar-refractivity contribution is 5.90. The fourth-order valence-corrected chi connectivity index (χ4v) is 3.34. The predicted molar refractivity (Wildman–Crippen MR) is 89.6 cm³/mol. The summed E-state index contributed by atoms with van der Waals surface area (Å²) < 4.78 is 46.4. The first-order valence-corrected chi connectivity index (χ1v) is 7.82. The Labute approximate surface area is 146 Å². The zero-order valence-electron chi connectivity index (χ0n) is 13.3. The minimum absolute atomic E-state index is 0.0810. The van der Waals surface area contributed by atoms with E-state index < -0.39 is 29.3 Å². The van der Waals surface area contributed by atoms with Gasteiger partial charge in [-0.3, -0.25) is 5.41 Å². The third-order valence-corrected chi connectivity index (χ3v) is 4.55. The summed E-state index contributed by atoms with van der Waals surface area (Å²) in [4.78, 5) is 0. The van der Waals surface area contributed by atoms with Gasteiger partial charge in [0.2, 0.25) is 5.90 Å². The number of rotatable bonds is 1. The van der Waals surface area contributed by atoms with Crippen LogP contribution in [0.4, 0.5) is 13.2 Å². The number of benzene rings is 3. The summed E-state index contributed by atoms with van der Waals surface area (Å²) in [6, 6.07) is 14.6. The largest absolute Gasteiger partial charge is 0.442 e. The summed E-state index contributed by atoms with van der Waals surface area (Å²) in [5.74, 6) is -6.13. The molecule has 1 heterocycles. The highest BCUT2D eigenvalue weighted by Gasteiger charge is 2.37. The van der Waals surface area contributed by atoms with E-state index in [9.17, 15) is 18.4 Å². The second-order valence-corrected chi connectivity index (χ2v) is 6.09. The van der Waals surface area contributed by atoms with Crippen molar-refractivity contribution in [3.05, 3.63) is 77.1 Å². The van der Waals surface area contributed by atoms with E-state index in [1.807, 2.05) is 30.3 Å². The molecule has 3 aromatic carbocycles. The summed E-state index contributed by atoms with van der Waals surface area (Å²) in [7, 11) is 0. The van der Waals surface area contributed by atoms with E-state index in [1.54, 1.807) is 12.1 Å². The second-order valence-electron chi connectivity index (χ2n) is 6.09. The van der Waals surface area contributed by atoms with Crippen LogP contribution in [0.25, 0.3) is 10.8 Å². The smallest absolute Gasteiger partial charge is 0.205 e. The second kappa shape index (κ2) is 5.88. The van der Waals surface area contributed by atoms with Gasteiger partial charge in [0, 0.05) is 11.5 Å².